The molecule has 2 N–H and O–H groups in total. The molecule has 0 bridgehead atoms. The van der Waals surface area contributed by atoms with Crippen LogP contribution in [0.4, 0.5) is 4.39 Å². The normalized spacial score (nSPS) is 9.22. The minimum atomic E-state index is -0.879. The van der Waals surface area contributed by atoms with Crippen molar-refractivity contribution in [3.63, 3.8) is 0 Å². The lowest BCUT2D eigenvalue weighted by atomic mass is 10.2. The van der Waals surface area contributed by atoms with Crippen molar-refractivity contribution in [1.29, 1.82) is 0 Å². The lowest BCUT2D eigenvalue weighted by Crippen LogP contribution is -1.93. The Hall–Kier alpha value is -1.63. The number of carboxylic acids is 1. The maximum Gasteiger partial charge on any atom is 0.335 e. The molecule has 0 heterocycles. The summed E-state index contributed by atoms with van der Waals surface area (Å²) in [5.41, 5.74) is 0.331. The summed E-state index contributed by atoms with van der Waals surface area (Å²) in [6, 6.07) is 12.5. The van der Waals surface area contributed by atoms with Gasteiger partial charge in [-0.05, 0) is 52.9 Å². The zero-order valence-electron chi connectivity index (χ0n) is 9.18. The molecule has 2 aromatic carbocycles. The molecule has 0 amide bonds. The van der Waals surface area contributed by atoms with Gasteiger partial charge in [0.1, 0.15) is 0 Å². The third kappa shape index (κ3) is 4.70. The highest BCUT2D eigenvalue weighted by atomic mass is 127. The molecule has 0 unspecified atom stereocenters. The molecule has 18 heavy (non-hydrogen) atoms. The standard InChI is InChI=1S/C7H6O2.C6H4FIO/c8-7(9)6-4-2-1-3-5-6;7-5-3-4(8)1-2-6(5)9/h1-5H,(H,8,9);1-3,9H. The fourth-order valence-electron chi connectivity index (χ4n) is 1.06. The molecule has 5 heteroatoms. The van der Waals surface area contributed by atoms with Crippen molar-refractivity contribution in [2.45, 2.75) is 0 Å². The second-order valence-electron chi connectivity index (χ2n) is 3.27. The summed E-state index contributed by atoms with van der Waals surface area (Å²) in [6.07, 6.45) is 0. The van der Waals surface area contributed by atoms with Crippen LogP contribution in [0.1, 0.15) is 10.4 Å². The van der Waals surface area contributed by atoms with Gasteiger partial charge in [0.2, 0.25) is 0 Å². The van der Waals surface area contributed by atoms with E-state index < -0.39 is 11.8 Å². The van der Waals surface area contributed by atoms with Crippen LogP contribution in [0.3, 0.4) is 0 Å². The number of halogens is 2. The van der Waals surface area contributed by atoms with E-state index >= 15 is 0 Å². The van der Waals surface area contributed by atoms with E-state index in [2.05, 4.69) is 0 Å². The number of phenolic OH excluding ortho intramolecular Hbond substituents is 1. The Bertz CT molecular complexity index is 529. The summed E-state index contributed by atoms with van der Waals surface area (Å²) >= 11 is 1.97. The number of phenols is 1. The second kappa shape index (κ2) is 6.95. The minimum Gasteiger partial charge on any atom is -0.505 e. The molecular weight excluding hydrogens is 350 g/mol. The molecule has 3 nitrogen and oxygen atoms in total. The van der Waals surface area contributed by atoms with Gasteiger partial charge in [0.05, 0.1) is 5.56 Å². The quantitative estimate of drug-likeness (QED) is 0.766. The van der Waals surface area contributed by atoms with Crippen molar-refractivity contribution in [2.24, 2.45) is 0 Å². The van der Waals surface area contributed by atoms with Crippen LogP contribution in [0.2, 0.25) is 0 Å². The number of benzene rings is 2. The lowest BCUT2D eigenvalue weighted by molar-refractivity contribution is 0.0697. The Morgan fingerprint density at radius 2 is 1.72 bits per heavy atom. The van der Waals surface area contributed by atoms with Gasteiger partial charge in [0.15, 0.2) is 11.6 Å². The predicted molar refractivity (Wildman–Crippen MR) is 74.2 cm³/mol. The first-order chi connectivity index (χ1) is 8.50. The van der Waals surface area contributed by atoms with Crippen molar-refractivity contribution in [3.8, 4) is 5.75 Å². The van der Waals surface area contributed by atoms with Crippen LogP contribution in [0.5, 0.6) is 5.75 Å². The van der Waals surface area contributed by atoms with Gasteiger partial charge in [-0.3, -0.25) is 0 Å². The maximum atomic E-state index is 12.3. The van der Waals surface area contributed by atoms with Gasteiger partial charge in [0, 0.05) is 3.57 Å². The average Bonchev–Trinajstić information content (AvgIpc) is 2.36. The van der Waals surface area contributed by atoms with Gasteiger partial charge >= 0.3 is 5.97 Å². The zero-order valence-corrected chi connectivity index (χ0v) is 11.3. The van der Waals surface area contributed by atoms with Crippen molar-refractivity contribution in [2.75, 3.05) is 0 Å². The van der Waals surface area contributed by atoms with Crippen LogP contribution < -0.4 is 0 Å². The van der Waals surface area contributed by atoms with Crippen LogP contribution in [0.15, 0.2) is 48.5 Å². The highest BCUT2D eigenvalue weighted by molar-refractivity contribution is 14.1. The molecule has 2 aromatic rings. The van der Waals surface area contributed by atoms with Crippen molar-refractivity contribution in [1.82, 2.24) is 0 Å². The van der Waals surface area contributed by atoms with Gasteiger partial charge in [-0.1, -0.05) is 18.2 Å². The van der Waals surface area contributed by atoms with Gasteiger partial charge in [-0.25, -0.2) is 9.18 Å². The molecule has 0 aliphatic carbocycles. The molecule has 0 saturated carbocycles. The predicted octanol–water partition coefficient (Wildman–Crippen LogP) is 3.52. The van der Waals surface area contributed by atoms with Crippen molar-refractivity contribution < 1.29 is 19.4 Å². The minimum absolute atomic E-state index is 0.296. The van der Waals surface area contributed by atoms with Crippen molar-refractivity contribution >= 4 is 28.6 Å². The first-order valence-electron chi connectivity index (χ1n) is 4.93. The Kier molecular flexibility index (Phi) is 5.57. The summed E-state index contributed by atoms with van der Waals surface area (Å²) in [4.78, 5) is 10.2. The van der Waals surface area contributed by atoms with E-state index in [0.717, 1.165) is 3.57 Å². The number of rotatable bonds is 1. The largest absolute Gasteiger partial charge is 0.505 e. The summed E-state index contributed by atoms with van der Waals surface area (Å²) < 4.78 is 13.1. The van der Waals surface area contributed by atoms with Gasteiger partial charge in [-0.15, -0.1) is 0 Å². The Morgan fingerprint density at radius 3 is 2.11 bits per heavy atom. The number of aromatic hydroxyl groups is 1. The number of carboxylic acid groups (broad SMARTS) is 1. The second-order valence-corrected chi connectivity index (χ2v) is 4.51. The maximum absolute atomic E-state index is 12.3. The van der Waals surface area contributed by atoms with Crippen LogP contribution in [-0.4, -0.2) is 16.2 Å². The summed E-state index contributed by atoms with van der Waals surface area (Å²) in [5.74, 6) is -1.74. The SMILES string of the molecule is O=C(O)c1ccccc1.Oc1ccc(I)cc1F. The third-order valence-corrected chi connectivity index (χ3v) is 2.60. The molecule has 0 aliphatic heterocycles. The Balaban J connectivity index is 0.000000180. The third-order valence-electron chi connectivity index (χ3n) is 1.93. The van der Waals surface area contributed by atoms with Crippen LogP contribution in [0, 0.1) is 9.39 Å². The van der Waals surface area contributed by atoms with E-state index in [1.54, 1.807) is 36.4 Å². The summed E-state index contributed by atoms with van der Waals surface area (Å²) in [6.45, 7) is 0. The fraction of sp³-hybridized carbons (Fsp3) is 0. The molecule has 0 saturated heterocycles. The lowest BCUT2D eigenvalue weighted by Gasteiger charge is -1.92. The first-order valence-corrected chi connectivity index (χ1v) is 6.01. The van der Waals surface area contributed by atoms with E-state index in [-0.39, 0.29) is 5.75 Å². The molecule has 0 atom stereocenters. The average molecular weight is 360 g/mol. The number of carbonyl (C=O) groups is 1. The van der Waals surface area contributed by atoms with E-state index in [9.17, 15) is 9.18 Å². The molecule has 0 aliphatic rings. The summed E-state index contributed by atoms with van der Waals surface area (Å²) in [5, 5.41) is 17.1. The van der Waals surface area contributed by atoms with Crippen LogP contribution >= 0.6 is 22.6 Å². The zero-order chi connectivity index (χ0) is 13.5. The molecule has 2 rings (SSSR count). The number of hydrogen-bond donors (Lipinski definition) is 2. The van der Waals surface area contributed by atoms with Crippen LogP contribution in [0.25, 0.3) is 0 Å². The fourth-order valence-corrected chi connectivity index (χ4v) is 1.52. The van der Waals surface area contributed by atoms with Gasteiger partial charge in [-0.2, -0.15) is 0 Å². The van der Waals surface area contributed by atoms with E-state index in [1.165, 1.54) is 12.1 Å². The summed E-state index contributed by atoms with van der Waals surface area (Å²) in [7, 11) is 0. The molecule has 0 aromatic heterocycles. The molecule has 0 radical (unpaired) electrons. The van der Waals surface area contributed by atoms with E-state index in [4.69, 9.17) is 10.2 Å². The van der Waals surface area contributed by atoms with Crippen LogP contribution in [-0.2, 0) is 0 Å². The monoisotopic (exact) mass is 360 g/mol. The first kappa shape index (κ1) is 14.4. The van der Waals surface area contributed by atoms with Gasteiger partial charge in [0.25, 0.3) is 0 Å². The molecule has 0 spiro atoms. The highest BCUT2D eigenvalue weighted by Gasteiger charge is 1.97. The molecular formula is C13H10FIO3. The topological polar surface area (TPSA) is 57.5 Å². The molecule has 94 valence electrons. The van der Waals surface area contributed by atoms with E-state index in [1.807, 2.05) is 22.6 Å². The smallest absolute Gasteiger partial charge is 0.335 e. The highest BCUT2D eigenvalue weighted by Crippen LogP contribution is 2.16. The number of hydrogen-bond acceptors (Lipinski definition) is 2. The van der Waals surface area contributed by atoms with E-state index in [0.29, 0.717) is 5.56 Å². The van der Waals surface area contributed by atoms with Gasteiger partial charge < -0.3 is 10.2 Å². The molecule has 0 fully saturated rings. The Labute approximate surface area is 117 Å². The number of aromatic carboxylic acids is 1. The van der Waals surface area contributed by atoms with Crippen molar-refractivity contribution in [3.05, 3.63) is 63.5 Å². The Morgan fingerprint density at radius 1 is 1.11 bits per heavy atom.